The lowest BCUT2D eigenvalue weighted by molar-refractivity contribution is 0.00578. The molecule has 0 radical (unpaired) electrons. The Morgan fingerprint density at radius 1 is 1.03 bits per heavy atom. The predicted molar refractivity (Wildman–Crippen MR) is 144 cm³/mol. The van der Waals surface area contributed by atoms with Gasteiger partial charge >= 0.3 is 13.2 Å². The molecule has 1 aromatic heterocycles. The lowest BCUT2D eigenvalue weighted by atomic mass is 9.79. The molecule has 2 fully saturated rings. The lowest BCUT2D eigenvalue weighted by Crippen LogP contribution is -2.41. The third-order valence-corrected chi connectivity index (χ3v) is 7.81. The van der Waals surface area contributed by atoms with Gasteiger partial charge in [-0.25, -0.2) is 9.78 Å². The van der Waals surface area contributed by atoms with Gasteiger partial charge in [0, 0.05) is 18.3 Å². The molecule has 3 heterocycles. The molecule has 1 N–H and O–H groups in total. The van der Waals surface area contributed by atoms with E-state index >= 15 is 0 Å². The first-order valence-corrected chi connectivity index (χ1v) is 12.9. The number of nitrogens with one attached hydrogen (secondary N) is 1. The summed E-state index contributed by atoms with van der Waals surface area (Å²) >= 11 is 0. The van der Waals surface area contributed by atoms with E-state index in [1.54, 1.807) is 4.90 Å². The van der Waals surface area contributed by atoms with Crippen LogP contribution in [0.25, 0.3) is 11.3 Å². The van der Waals surface area contributed by atoms with Gasteiger partial charge in [0.15, 0.2) is 0 Å². The van der Waals surface area contributed by atoms with Crippen LogP contribution in [0.1, 0.15) is 65.4 Å². The molecule has 8 heteroatoms. The minimum Gasteiger partial charge on any atom is -0.445 e. The number of aromatic amines is 1. The van der Waals surface area contributed by atoms with Gasteiger partial charge in [-0.2, -0.15) is 0 Å². The third kappa shape index (κ3) is 5.18. The molecular weight excluding hydrogens is 465 g/mol. The van der Waals surface area contributed by atoms with Crippen molar-refractivity contribution in [1.82, 2.24) is 14.9 Å². The number of nitrogens with zero attached hydrogens (tertiary/aromatic N) is 2. The highest BCUT2D eigenvalue weighted by atomic mass is 16.7. The molecular formula is C29H36BN3O4. The highest BCUT2D eigenvalue weighted by Gasteiger charge is 2.51. The second-order valence-electron chi connectivity index (χ2n) is 11.9. The second kappa shape index (κ2) is 9.33. The van der Waals surface area contributed by atoms with E-state index < -0.39 is 7.12 Å². The summed E-state index contributed by atoms with van der Waals surface area (Å²) in [6.45, 7) is 13.4. The van der Waals surface area contributed by atoms with Crippen molar-refractivity contribution in [3.8, 4) is 11.3 Å². The average Bonchev–Trinajstić information content (AvgIpc) is 3.52. The molecule has 3 aromatic rings. The zero-order chi connectivity index (χ0) is 26.4. The standard InChI is InChI=1S/C29H36BN3O4/c1-27(2)16-24(33(19-27)26(34)35-18-20-10-8-7-9-11-20)25-31-17-23(32-25)21-12-14-22(15-13-21)30-36-28(3,4)29(5,6)37-30/h7-15,17,24H,16,18-19H2,1-6H3,(H,31,32)/t24-/m0/s1. The van der Waals surface area contributed by atoms with Crippen LogP contribution in [0.15, 0.2) is 60.8 Å². The molecule has 0 aliphatic carbocycles. The van der Waals surface area contributed by atoms with Gasteiger partial charge in [0.2, 0.25) is 0 Å². The number of ether oxygens (including phenoxy) is 1. The largest absolute Gasteiger partial charge is 0.494 e. The summed E-state index contributed by atoms with van der Waals surface area (Å²) in [4.78, 5) is 23.1. The molecule has 1 amide bonds. The maximum absolute atomic E-state index is 13.1. The number of rotatable bonds is 5. The van der Waals surface area contributed by atoms with E-state index in [2.05, 4.69) is 46.5 Å². The highest BCUT2D eigenvalue weighted by Crippen LogP contribution is 2.42. The van der Waals surface area contributed by atoms with Crippen molar-refractivity contribution in [2.24, 2.45) is 5.41 Å². The van der Waals surface area contributed by atoms with E-state index in [9.17, 15) is 4.79 Å². The molecule has 0 spiro atoms. The van der Waals surface area contributed by atoms with Crippen LogP contribution in [-0.2, 0) is 20.7 Å². The summed E-state index contributed by atoms with van der Waals surface area (Å²) in [5.41, 5.74) is 2.97. The Bertz CT molecular complexity index is 1240. The Hall–Kier alpha value is -3.10. The Balaban J connectivity index is 1.29. The minimum absolute atomic E-state index is 0.0339. The number of H-pyrrole nitrogens is 1. The fourth-order valence-corrected chi connectivity index (χ4v) is 4.95. The van der Waals surface area contributed by atoms with Crippen molar-refractivity contribution in [1.29, 1.82) is 0 Å². The lowest BCUT2D eigenvalue weighted by Gasteiger charge is -2.32. The van der Waals surface area contributed by atoms with Crippen molar-refractivity contribution < 1.29 is 18.8 Å². The van der Waals surface area contributed by atoms with Gasteiger partial charge in [-0.3, -0.25) is 4.90 Å². The molecule has 5 rings (SSSR count). The monoisotopic (exact) mass is 501 g/mol. The number of aromatic nitrogens is 2. The predicted octanol–water partition coefficient (Wildman–Crippen LogP) is 5.49. The number of carbonyl (C=O) groups is 1. The van der Waals surface area contributed by atoms with Crippen molar-refractivity contribution in [2.75, 3.05) is 6.54 Å². The summed E-state index contributed by atoms with van der Waals surface area (Å²) in [7, 11) is -0.398. The Kier molecular flexibility index (Phi) is 6.45. The van der Waals surface area contributed by atoms with Gasteiger partial charge in [0.25, 0.3) is 0 Å². The third-order valence-electron chi connectivity index (χ3n) is 7.81. The summed E-state index contributed by atoms with van der Waals surface area (Å²) in [6.07, 6.45) is 2.39. The van der Waals surface area contributed by atoms with Crippen molar-refractivity contribution in [2.45, 2.75) is 71.8 Å². The number of benzene rings is 2. The molecule has 1 atom stereocenters. The van der Waals surface area contributed by atoms with Crippen LogP contribution in [0.2, 0.25) is 0 Å². The van der Waals surface area contributed by atoms with Crippen LogP contribution >= 0.6 is 0 Å². The Labute approximate surface area is 219 Å². The van der Waals surface area contributed by atoms with Crippen molar-refractivity contribution in [3.63, 3.8) is 0 Å². The van der Waals surface area contributed by atoms with Gasteiger partial charge in [-0.1, -0.05) is 68.4 Å². The van der Waals surface area contributed by atoms with E-state index in [1.807, 2.05) is 60.8 Å². The molecule has 194 valence electrons. The zero-order valence-electron chi connectivity index (χ0n) is 22.6. The number of amides is 1. The van der Waals surface area contributed by atoms with Crippen LogP contribution in [0.4, 0.5) is 4.79 Å². The molecule has 2 aromatic carbocycles. The van der Waals surface area contributed by atoms with E-state index in [0.29, 0.717) is 6.54 Å². The fourth-order valence-electron chi connectivity index (χ4n) is 4.95. The summed E-state index contributed by atoms with van der Waals surface area (Å²) in [6, 6.07) is 17.7. The molecule has 7 nitrogen and oxygen atoms in total. The molecule has 37 heavy (non-hydrogen) atoms. The van der Waals surface area contributed by atoms with E-state index in [0.717, 1.165) is 34.5 Å². The van der Waals surface area contributed by atoms with E-state index in [4.69, 9.17) is 19.0 Å². The first-order chi connectivity index (χ1) is 17.4. The van der Waals surface area contributed by atoms with Gasteiger partial charge in [-0.15, -0.1) is 0 Å². The average molecular weight is 501 g/mol. The molecule has 0 unspecified atom stereocenters. The second-order valence-corrected chi connectivity index (χ2v) is 11.9. The maximum atomic E-state index is 13.1. The van der Waals surface area contributed by atoms with Crippen molar-refractivity contribution >= 4 is 18.7 Å². The Morgan fingerprint density at radius 3 is 2.32 bits per heavy atom. The van der Waals surface area contributed by atoms with Gasteiger partial charge < -0.3 is 19.0 Å². The molecule has 2 aliphatic rings. The van der Waals surface area contributed by atoms with Gasteiger partial charge in [0.1, 0.15) is 12.4 Å². The molecule has 0 saturated carbocycles. The fraction of sp³-hybridized carbons (Fsp3) is 0.448. The number of likely N-dealkylation sites (tertiary alicyclic amines) is 1. The van der Waals surface area contributed by atoms with Gasteiger partial charge in [0.05, 0.1) is 22.9 Å². The quantitative estimate of drug-likeness (QED) is 0.469. The summed E-state index contributed by atoms with van der Waals surface area (Å²) in [5.74, 6) is 0.771. The van der Waals surface area contributed by atoms with E-state index in [-0.39, 0.29) is 35.4 Å². The van der Waals surface area contributed by atoms with Crippen molar-refractivity contribution in [3.05, 3.63) is 72.2 Å². The van der Waals surface area contributed by atoms with Crippen LogP contribution in [0.5, 0.6) is 0 Å². The first-order valence-electron chi connectivity index (χ1n) is 12.9. The molecule has 0 bridgehead atoms. The molecule has 2 aliphatic heterocycles. The van der Waals surface area contributed by atoms with Gasteiger partial charge in [-0.05, 0) is 50.6 Å². The summed E-state index contributed by atoms with van der Waals surface area (Å²) < 4.78 is 18.0. The number of hydrogen-bond acceptors (Lipinski definition) is 5. The number of carbonyl (C=O) groups excluding carboxylic acids is 1. The van der Waals surface area contributed by atoms with Crippen LogP contribution in [-0.4, -0.2) is 45.8 Å². The highest BCUT2D eigenvalue weighted by molar-refractivity contribution is 6.62. The maximum Gasteiger partial charge on any atom is 0.494 e. The van der Waals surface area contributed by atoms with Crippen LogP contribution < -0.4 is 5.46 Å². The molecule has 2 saturated heterocycles. The first kappa shape index (κ1) is 25.6. The van der Waals surface area contributed by atoms with E-state index in [1.165, 1.54) is 0 Å². The minimum atomic E-state index is -0.398. The topological polar surface area (TPSA) is 76.7 Å². The number of imidazole rings is 1. The van der Waals surface area contributed by atoms with Crippen LogP contribution in [0, 0.1) is 5.41 Å². The normalized spacial score (nSPS) is 21.8. The number of hydrogen-bond donors (Lipinski definition) is 1. The SMILES string of the molecule is CC1(C)C[C@@H](c2nc(-c3ccc(B4OC(C)(C)C(C)(C)O4)cc3)c[nH]2)N(C(=O)OCc2ccccc2)C1. The Morgan fingerprint density at radius 2 is 1.68 bits per heavy atom. The zero-order valence-corrected chi connectivity index (χ0v) is 22.6. The smallest absolute Gasteiger partial charge is 0.445 e. The van der Waals surface area contributed by atoms with Crippen LogP contribution in [0.3, 0.4) is 0 Å². The summed E-state index contributed by atoms with van der Waals surface area (Å²) in [5, 5.41) is 0.